The van der Waals surface area contributed by atoms with Crippen molar-refractivity contribution in [2.24, 2.45) is 0 Å². The molecule has 8 aromatic rings. The van der Waals surface area contributed by atoms with Gasteiger partial charge in [0.05, 0.1) is 0 Å². The number of hydrogen-bond acceptors (Lipinski definition) is 2. The second-order valence-corrected chi connectivity index (χ2v) is 12.5. The molecule has 1 aliphatic rings. The van der Waals surface area contributed by atoms with E-state index in [2.05, 4.69) is 139 Å². The molecule has 0 radical (unpaired) electrons. The summed E-state index contributed by atoms with van der Waals surface area (Å²) in [6.07, 6.45) is 4.86. The number of anilines is 3. The van der Waals surface area contributed by atoms with E-state index in [1.54, 1.807) is 0 Å². The number of nitrogens with zero attached hydrogens (tertiary/aromatic N) is 1. The normalized spacial score (nSPS) is 13.1. The summed E-state index contributed by atoms with van der Waals surface area (Å²) in [5, 5.41) is 7.43. The molecule has 0 bridgehead atoms. The predicted molar refractivity (Wildman–Crippen MR) is 190 cm³/mol. The first-order chi connectivity index (χ1) is 22.2. The zero-order valence-electron chi connectivity index (χ0n) is 25.4. The Bertz CT molecular complexity index is 2400. The van der Waals surface area contributed by atoms with Crippen molar-refractivity contribution in [2.75, 3.05) is 4.90 Å². The average Bonchev–Trinajstić information content (AvgIpc) is 3.47. The van der Waals surface area contributed by atoms with Gasteiger partial charge in [0.1, 0.15) is 11.2 Å². The second kappa shape index (κ2) is 10.4. The average molecular weight is 580 g/mol. The highest BCUT2D eigenvalue weighted by molar-refractivity contribution is 6.14. The lowest BCUT2D eigenvalue weighted by Crippen LogP contribution is -2.13. The van der Waals surface area contributed by atoms with Crippen molar-refractivity contribution in [1.29, 1.82) is 0 Å². The van der Waals surface area contributed by atoms with Crippen LogP contribution in [-0.2, 0) is 12.8 Å². The zero-order valence-corrected chi connectivity index (χ0v) is 25.4. The zero-order chi connectivity index (χ0) is 29.9. The molecular formula is C43H33NO. The van der Waals surface area contributed by atoms with Gasteiger partial charge in [-0.25, -0.2) is 0 Å². The number of benzene rings is 7. The van der Waals surface area contributed by atoms with Crippen molar-refractivity contribution >= 4 is 60.5 Å². The van der Waals surface area contributed by atoms with E-state index in [0.29, 0.717) is 0 Å². The Balaban J connectivity index is 1.21. The lowest BCUT2D eigenvalue weighted by molar-refractivity contribution is 0.669. The highest BCUT2D eigenvalue weighted by Gasteiger charge is 2.20. The van der Waals surface area contributed by atoms with Gasteiger partial charge in [-0.15, -0.1) is 0 Å². The van der Waals surface area contributed by atoms with E-state index in [-0.39, 0.29) is 0 Å². The molecule has 0 spiro atoms. The van der Waals surface area contributed by atoms with E-state index in [1.807, 2.05) is 6.07 Å². The Labute approximate surface area is 263 Å². The van der Waals surface area contributed by atoms with Gasteiger partial charge in [-0.05, 0) is 124 Å². The van der Waals surface area contributed by atoms with Crippen LogP contribution in [0.2, 0.25) is 0 Å². The summed E-state index contributed by atoms with van der Waals surface area (Å²) in [6.45, 7) is 2.26. The van der Waals surface area contributed by atoms with Crippen LogP contribution in [0.4, 0.5) is 17.1 Å². The number of furan rings is 1. The van der Waals surface area contributed by atoms with Gasteiger partial charge in [-0.1, -0.05) is 84.9 Å². The molecule has 216 valence electrons. The van der Waals surface area contributed by atoms with Gasteiger partial charge < -0.3 is 9.32 Å². The molecule has 2 heteroatoms. The molecule has 0 atom stereocenters. The summed E-state index contributed by atoms with van der Waals surface area (Å²) in [7, 11) is 0. The highest BCUT2D eigenvalue weighted by Crippen LogP contribution is 2.43. The summed E-state index contributed by atoms with van der Waals surface area (Å²) >= 11 is 0. The third-order valence-electron chi connectivity index (χ3n) is 9.73. The molecule has 7 aromatic carbocycles. The number of hydrogen-bond donors (Lipinski definition) is 0. The van der Waals surface area contributed by atoms with Crippen molar-refractivity contribution < 1.29 is 4.42 Å². The summed E-state index contributed by atoms with van der Waals surface area (Å²) in [4.78, 5) is 2.42. The van der Waals surface area contributed by atoms with Gasteiger partial charge in [0.15, 0.2) is 0 Å². The topological polar surface area (TPSA) is 16.4 Å². The predicted octanol–water partition coefficient (Wildman–Crippen LogP) is 12.2. The molecule has 0 amide bonds. The number of para-hydroxylation sites is 1. The lowest BCUT2D eigenvalue weighted by atomic mass is 9.89. The molecule has 1 aromatic heterocycles. The third-order valence-corrected chi connectivity index (χ3v) is 9.73. The number of rotatable bonds is 4. The van der Waals surface area contributed by atoms with Crippen LogP contribution in [0, 0.1) is 6.92 Å². The maximum Gasteiger partial charge on any atom is 0.137 e. The maximum atomic E-state index is 6.36. The van der Waals surface area contributed by atoms with E-state index in [4.69, 9.17) is 4.42 Å². The molecule has 9 rings (SSSR count). The maximum absolute atomic E-state index is 6.36. The van der Waals surface area contributed by atoms with Gasteiger partial charge in [0, 0.05) is 33.9 Å². The van der Waals surface area contributed by atoms with Gasteiger partial charge in [-0.3, -0.25) is 0 Å². The van der Waals surface area contributed by atoms with Crippen molar-refractivity contribution in [1.82, 2.24) is 0 Å². The molecule has 0 saturated heterocycles. The van der Waals surface area contributed by atoms with E-state index >= 15 is 0 Å². The number of aryl methyl sites for hydroxylation is 3. The lowest BCUT2D eigenvalue weighted by Gasteiger charge is -2.29. The van der Waals surface area contributed by atoms with E-state index in [0.717, 1.165) is 39.7 Å². The third kappa shape index (κ3) is 4.32. The Kier molecular flexibility index (Phi) is 6.02. The molecule has 0 saturated carbocycles. The van der Waals surface area contributed by atoms with Gasteiger partial charge >= 0.3 is 0 Å². The second-order valence-electron chi connectivity index (χ2n) is 12.5. The summed E-state index contributed by atoms with van der Waals surface area (Å²) < 4.78 is 6.36. The Hall–Kier alpha value is -5.34. The van der Waals surface area contributed by atoms with Crippen molar-refractivity contribution in [3.05, 3.63) is 150 Å². The molecule has 45 heavy (non-hydrogen) atoms. The molecule has 1 aliphatic carbocycles. The van der Waals surface area contributed by atoms with Crippen LogP contribution in [0.25, 0.3) is 54.6 Å². The van der Waals surface area contributed by atoms with Crippen LogP contribution < -0.4 is 4.90 Å². The summed E-state index contributed by atoms with van der Waals surface area (Å²) in [5.41, 5.74) is 12.1. The minimum absolute atomic E-state index is 0.911. The van der Waals surface area contributed by atoms with Gasteiger partial charge in [-0.2, -0.15) is 0 Å². The van der Waals surface area contributed by atoms with Crippen LogP contribution in [0.5, 0.6) is 0 Å². The van der Waals surface area contributed by atoms with Crippen molar-refractivity contribution in [3.8, 4) is 11.1 Å². The molecule has 0 fully saturated rings. The standard InChI is InChI=1S/C43H33NO/c1-28-24-30-10-2-3-11-31(30)26-41(28)44(34-22-23-39-38-16-8-9-17-42(38)45-43(39)27-34)33-20-18-29(19-21-33)40-25-32-12-4-5-13-35(32)36-14-6-7-15-37(36)40/h4-9,12-27H,2-3,10-11H2,1H3. The smallest absolute Gasteiger partial charge is 0.137 e. The monoisotopic (exact) mass is 579 g/mol. The molecule has 0 unspecified atom stereocenters. The van der Waals surface area contributed by atoms with E-state index < -0.39 is 0 Å². The van der Waals surface area contributed by atoms with Crippen LogP contribution in [0.3, 0.4) is 0 Å². The van der Waals surface area contributed by atoms with Crippen LogP contribution in [-0.4, -0.2) is 0 Å². The first-order valence-corrected chi connectivity index (χ1v) is 16.1. The SMILES string of the molecule is Cc1cc2c(cc1N(c1ccc(-c3cc4ccccc4c4ccccc34)cc1)c1ccc3c(c1)oc1ccccc13)CCCC2. The van der Waals surface area contributed by atoms with Crippen LogP contribution >= 0.6 is 0 Å². The Morgan fingerprint density at radius 1 is 0.511 bits per heavy atom. The highest BCUT2D eigenvalue weighted by atomic mass is 16.3. The minimum Gasteiger partial charge on any atom is -0.456 e. The fraction of sp³-hybridized carbons (Fsp3) is 0.116. The fourth-order valence-corrected chi connectivity index (χ4v) is 7.50. The first kappa shape index (κ1) is 26.1. The van der Waals surface area contributed by atoms with Crippen LogP contribution in [0.15, 0.2) is 138 Å². The Morgan fingerprint density at radius 2 is 1.16 bits per heavy atom. The first-order valence-electron chi connectivity index (χ1n) is 16.1. The van der Waals surface area contributed by atoms with Crippen molar-refractivity contribution in [2.45, 2.75) is 32.6 Å². The van der Waals surface area contributed by atoms with Crippen LogP contribution in [0.1, 0.15) is 29.5 Å². The number of fused-ring (bicyclic) bond motifs is 7. The quantitative estimate of drug-likeness (QED) is 0.193. The summed E-state index contributed by atoms with van der Waals surface area (Å²) in [5.74, 6) is 0. The van der Waals surface area contributed by atoms with E-state index in [9.17, 15) is 0 Å². The summed E-state index contributed by atoms with van der Waals surface area (Å²) in [6, 6.07) is 48.8. The molecule has 0 aliphatic heterocycles. The Morgan fingerprint density at radius 3 is 1.98 bits per heavy atom. The molecular weight excluding hydrogens is 546 g/mol. The fourth-order valence-electron chi connectivity index (χ4n) is 7.50. The minimum atomic E-state index is 0.911. The van der Waals surface area contributed by atoms with Gasteiger partial charge in [0.25, 0.3) is 0 Å². The van der Waals surface area contributed by atoms with Gasteiger partial charge in [0.2, 0.25) is 0 Å². The van der Waals surface area contributed by atoms with E-state index in [1.165, 1.54) is 74.3 Å². The molecule has 0 N–H and O–H groups in total. The molecule has 2 nitrogen and oxygen atoms in total. The largest absolute Gasteiger partial charge is 0.456 e. The van der Waals surface area contributed by atoms with Crippen molar-refractivity contribution in [3.63, 3.8) is 0 Å². The molecule has 1 heterocycles.